The summed E-state index contributed by atoms with van der Waals surface area (Å²) in [5, 5.41) is 12.1. The summed E-state index contributed by atoms with van der Waals surface area (Å²) in [4.78, 5) is 24.7. The van der Waals surface area contributed by atoms with Gasteiger partial charge in [0.15, 0.2) is 5.43 Å². The molecular formula is C20H13ClN2O3S. The number of nitro groups is 1. The summed E-state index contributed by atoms with van der Waals surface area (Å²) in [5.74, 6) is 0. The molecular weight excluding hydrogens is 384 g/mol. The van der Waals surface area contributed by atoms with E-state index in [0.717, 1.165) is 26.5 Å². The van der Waals surface area contributed by atoms with Crippen LogP contribution in [0.15, 0.2) is 65.6 Å². The Labute approximate surface area is 163 Å². The van der Waals surface area contributed by atoms with E-state index in [1.54, 1.807) is 24.4 Å². The molecule has 4 rings (SSSR count). The second-order valence-corrected chi connectivity index (χ2v) is 7.45. The lowest BCUT2D eigenvalue weighted by molar-refractivity contribution is -0.384. The van der Waals surface area contributed by atoms with E-state index >= 15 is 0 Å². The molecule has 0 aliphatic carbocycles. The van der Waals surface area contributed by atoms with E-state index in [9.17, 15) is 14.9 Å². The van der Waals surface area contributed by atoms with E-state index in [-0.39, 0.29) is 11.1 Å². The third-order valence-corrected chi connectivity index (χ3v) is 6.08. The lowest BCUT2D eigenvalue weighted by Crippen LogP contribution is -2.05. The summed E-state index contributed by atoms with van der Waals surface area (Å²) in [6, 6.07) is 15.3. The average molecular weight is 397 g/mol. The molecule has 2 aromatic carbocycles. The first-order valence-electron chi connectivity index (χ1n) is 8.12. The number of nitro benzene ring substituents is 1. The van der Waals surface area contributed by atoms with Crippen molar-refractivity contribution < 1.29 is 4.92 Å². The highest BCUT2D eigenvalue weighted by Crippen LogP contribution is 2.38. The quantitative estimate of drug-likeness (QED) is 0.335. The molecule has 0 N–H and O–H groups in total. The molecule has 0 atom stereocenters. The van der Waals surface area contributed by atoms with Crippen LogP contribution in [0.3, 0.4) is 0 Å². The minimum atomic E-state index is -0.428. The van der Waals surface area contributed by atoms with Crippen molar-refractivity contribution >= 4 is 38.8 Å². The molecule has 0 aliphatic rings. The third kappa shape index (κ3) is 2.93. The average Bonchev–Trinajstić information content (AvgIpc) is 3.01. The summed E-state index contributed by atoms with van der Waals surface area (Å²) >= 11 is 7.82. The summed E-state index contributed by atoms with van der Waals surface area (Å²) < 4.78 is 1.91. The van der Waals surface area contributed by atoms with Crippen molar-refractivity contribution in [2.45, 2.75) is 6.92 Å². The van der Waals surface area contributed by atoms with Gasteiger partial charge in [-0.05, 0) is 42.3 Å². The Hall–Kier alpha value is -2.96. The van der Waals surface area contributed by atoms with E-state index in [4.69, 9.17) is 11.6 Å². The normalized spacial score (nSPS) is 11.0. The molecule has 5 nitrogen and oxygen atoms in total. The molecule has 0 amide bonds. The lowest BCUT2D eigenvalue weighted by Gasteiger charge is -2.09. The van der Waals surface area contributed by atoms with Gasteiger partial charge in [0, 0.05) is 29.3 Å². The number of aromatic nitrogens is 1. The molecule has 0 unspecified atom stereocenters. The van der Waals surface area contributed by atoms with Crippen molar-refractivity contribution in [1.82, 2.24) is 4.57 Å². The number of pyridine rings is 1. The Morgan fingerprint density at radius 3 is 2.44 bits per heavy atom. The van der Waals surface area contributed by atoms with E-state index < -0.39 is 4.92 Å². The van der Waals surface area contributed by atoms with E-state index in [1.165, 1.54) is 29.5 Å². The molecule has 0 saturated carbocycles. The molecule has 27 heavy (non-hydrogen) atoms. The predicted molar refractivity (Wildman–Crippen MR) is 109 cm³/mol. The summed E-state index contributed by atoms with van der Waals surface area (Å²) in [6.45, 7) is 1.90. The van der Waals surface area contributed by atoms with E-state index in [1.807, 2.05) is 29.7 Å². The number of thiophene rings is 1. The van der Waals surface area contributed by atoms with Gasteiger partial charge in [-0.25, -0.2) is 0 Å². The van der Waals surface area contributed by atoms with Gasteiger partial charge in [-0.1, -0.05) is 23.7 Å². The van der Waals surface area contributed by atoms with Crippen molar-refractivity contribution in [2.24, 2.45) is 0 Å². The van der Waals surface area contributed by atoms with E-state index in [2.05, 4.69) is 0 Å². The summed E-state index contributed by atoms with van der Waals surface area (Å²) in [7, 11) is 0. The monoisotopic (exact) mass is 396 g/mol. The first-order chi connectivity index (χ1) is 13.0. The van der Waals surface area contributed by atoms with Crippen molar-refractivity contribution in [3.05, 3.63) is 91.7 Å². The van der Waals surface area contributed by atoms with Gasteiger partial charge in [0.2, 0.25) is 0 Å². The number of benzene rings is 2. The molecule has 0 bridgehead atoms. The Kier molecular flexibility index (Phi) is 4.30. The molecule has 0 fully saturated rings. The highest BCUT2D eigenvalue weighted by molar-refractivity contribution is 7.22. The number of non-ortho nitro benzene ring substituents is 1. The van der Waals surface area contributed by atoms with Gasteiger partial charge in [-0.15, -0.1) is 11.3 Å². The van der Waals surface area contributed by atoms with Crippen LogP contribution < -0.4 is 5.43 Å². The van der Waals surface area contributed by atoms with Gasteiger partial charge in [-0.2, -0.15) is 0 Å². The minimum Gasteiger partial charge on any atom is -0.306 e. The Morgan fingerprint density at radius 2 is 1.78 bits per heavy atom. The Morgan fingerprint density at radius 1 is 1.07 bits per heavy atom. The largest absolute Gasteiger partial charge is 0.306 e. The first-order valence-corrected chi connectivity index (χ1v) is 9.31. The molecule has 0 saturated heterocycles. The van der Waals surface area contributed by atoms with Crippen LogP contribution in [0.5, 0.6) is 0 Å². The molecule has 0 radical (unpaired) electrons. The lowest BCUT2D eigenvalue weighted by atomic mass is 10.1. The number of hydrogen-bond acceptors (Lipinski definition) is 4. The highest BCUT2D eigenvalue weighted by Gasteiger charge is 2.17. The smallest absolute Gasteiger partial charge is 0.269 e. The van der Waals surface area contributed by atoms with Gasteiger partial charge in [0.05, 0.1) is 21.0 Å². The topological polar surface area (TPSA) is 65.1 Å². The molecule has 4 aromatic rings. The number of rotatable bonds is 3. The summed E-state index contributed by atoms with van der Waals surface area (Å²) in [5.41, 5.74) is 2.46. The van der Waals surface area contributed by atoms with Crippen LogP contribution in [0.2, 0.25) is 5.02 Å². The first kappa shape index (κ1) is 17.5. The molecule has 2 heterocycles. The maximum atomic E-state index is 12.5. The second kappa shape index (κ2) is 6.64. The van der Waals surface area contributed by atoms with Gasteiger partial charge < -0.3 is 4.57 Å². The number of nitrogens with zero attached hydrogens (tertiary/aromatic N) is 2. The van der Waals surface area contributed by atoms with Gasteiger partial charge in [0.25, 0.3) is 5.69 Å². The van der Waals surface area contributed by atoms with Crippen molar-refractivity contribution in [1.29, 1.82) is 0 Å². The molecule has 0 aliphatic heterocycles. The molecule has 134 valence electrons. The molecule has 0 spiro atoms. The zero-order valence-electron chi connectivity index (χ0n) is 14.2. The van der Waals surface area contributed by atoms with E-state index in [0.29, 0.717) is 10.4 Å². The number of hydrogen-bond donors (Lipinski definition) is 0. The van der Waals surface area contributed by atoms with Crippen LogP contribution in [-0.4, -0.2) is 9.49 Å². The standard InChI is InChI=1S/C20H13ClN2O3S/c1-12-18-17(24)10-11-22(16-5-3-2-4-15(16)21)20(18)27-19(12)13-6-8-14(9-7-13)23(25)26/h2-11H,1H3. The third-order valence-electron chi connectivity index (χ3n) is 4.42. The number of fused-ring (bicyclic) bond motifs is 1. The maximum Gasteiger partial charge on any atom is 0.269 e. The fourth-order valence-electron chi connectivity index (χ4n) is 3.10. The Bertz CT molecular complexity index is 1240. The van der Waals surface area contributed by atoms with Gasteiger partial charge >= 0.3 is 0 Å². The summed E-state index contributed by atoms with van der Waals surface area (Å²) in [6.07, 6.45) is 1.72. The van der Waals surface area contributed by atoms with Crippen molar-refractivity contribution in [3.63, 3.8) is 0 Å². The van der Waals surface area contributed by atoms with Crippen LogP contribution in [0.4, 0.5) is 5.69 Å². The SMILES string of the molecule is Cc1c(-c2ccc([N+](=O)[O-])cc2)sc2c1c(=O)ccn2-c1ccccc1Cl. The highest BCUT2D eigenvalue weighted by atomic mass is 35.5. The van der Waals surface area contributed by atoms with Crippen LogP contribution in [-0.2, 0) is 0 Å². The van der Waals surface area contributed by atoms with Crippen LogP contribution in [0.25, 0.3) is 26.3 Å². The van der Waals surface area contributed by atoms with Gasteiger partial charge in [-0.3, -0.25) is 14.9 Å². The predicted octanol–water partition coefficient (Wildman–Crippen LogP) is 5.59. The van der Waals surface area contributed by atoms with Gasteiger partial charge in [0.1, 0.15) is 4.83 Å². The second-order valence-electron chi connectivity index (χ2n) is 6.04. The number of halogens is 1. The van der Waals surface area contributed by atoms with Crippen LogP contribution >= 0.6 is 22.9 Å². The molecule has 7 heteroatoms. The number of aryl methyl sites for hydroxylation is 1. The zero-order valence-corrected chi connectivity index (χ0v) is 15.8. The van der Waals surface area contributed by atoms with Crippen LogP contribution in [0.1, 0.15) is 5.56 Å². The van der Waals surface area contributed by atoms with Crippen molar-refractivity contribution in [2.75, 3.05) is 0 Å². The zero-order chi connectivity index (χ0) is 19.1. The van der Waals surface area contributed by atoms with Crippen LogP contribution in [0, 0.1) is 17.0 Å². The molecule has 2 aromatic heterocycles. The number of para-hydroxylation sites is 1. The fraction of sp³-hybridized carbons (Fsp3) is 0.0500. The minimum absolute atomic E-state index is 0.0353. The Balaban J connectivity index is 1.97. The van der Waals surface area contributed by atoms with Crippen molar-refractivity contribution in [3.8, 4) is 16.1 Å². The maximum absolute atomic E-state index is 12.5. The fourth-order valence-corrected chi connectivity index (χ4v) is 4.64.